The molecule has 0 saturated heterocycles. The van der Waals surface area contributed by atoms with Gasteiger partial charge in [0.05, 0.1) is 6.04 Å². The van der Waals surface area contributed by atoms with Crippen molar-refractivity contribution in [3.8, 4) is 0 Å². The lowest BCUT2D eigenvalue weighted by atomic mass is 10.1. The van der Waals surface area contributed by atoms with E-state index in [1.54, 1.807) is 0 Å². The van der Waals surface area contributed by atoms with Gasteiger partial charge in [0.1, 0.15) is 12.5 Å². The number of alkyl halides is 1. The molecule has 1 atom stereocenters. The molecule has 1 nitrogen and oxygen atoms in total. The molecule has 80 valence electrons. The van der Waals surface area contributed by atoms with Gasteiger partial charge in [-0.2, -0.15) is 0 Å². The Morgan fingerprint density at radius 1 is 1.14 bits per heavy atom. The molecule has 1 aromatic rings. The summed E-state index contributed by atoms with van der Waals surface area (Å²) in [4.78, 5) is 0. The summed E-state index contributed by atoms with van der Waals surface area (Å²) in [6, 6.07) is -0.127. The van der Waals surface area contributed by atoms with E-state index in [9.17, 15) is 17.6 Å². The second-order valence-electron chi connectivity index (χ2n) is 2.52. The number of halogens is 5. The number of hydrogen-bond acceptors (Lipinski definition) is 1. The van der Waals surface area contributed by atoms with Gasteiger partial charge < -0.3 is 5.73 Å². The summed E-state index contributed by atoms with van der Waals surface area (Å²) in [5.41, 5.74) is 4.30. The van der Waals surface area contributed by atoms with Gasteiger partial charge in [0, 0.05) is 5.56 Å². The summed E-state index contributed by atoms with van der Waals surface area (Å²) in [7, 11) is 0. The first-order chi connectivity index (χ1) is 6.07. The highest BCUT2D eigenvalue weighted by Crippen LogP contribution is 2.21. The third-order valence-electron chi connectivity index (χ3n) is 1.62. The monoisotopic (exact) mass is 229 g/mol. The zero-order valence-corrected chi connectivity index (χ0v) is 7.75. The zero-order valence-electron chi connectivity index (χ0n) is 6.94. The molecule has 0 amide bonds. The first-order valence-corrected chi connectivity index (χ1v) is 3.53. The van der Waals surface area contributed by atoms with Crippen LogP contribution in [0.3, 0.4) is 0 Å². The minimum atomic E-state index is -1.46. The normalized spacial score (nSPS) is 12.1. The summed E-state index contributed by atoms with van der Waals surface area (Å²) in [6.45, 7) is -1.14. The third kappa shape index (κ3) is 2.36. The minimum Gasteiger partial charge on any atom is -0.322 e. The Bertz CT molecular complexity index is 318. The Morgan fingerprint density at radius 2 is 1.64 bits per heavy atom. The van der Waals surface area contributed by atoms with Crippen molar-refractivity contribution in [1.82, 2.24) is 0 Å². The summed E-state index contributed by atoms with van der Waals surface area (Å²) in [6.07, 6.45) is 0. The Morgan fingerprint density at radius 3 is 2.14 bits per heavy atom. The smallest absolute Gasteiger partial charge is 0.166 e. The predicted octanol–water partition coefficient (Wildman–Crippen LogP) is 2.50. The van der Waals surface area contributed by atoms with Crippen LogP contribution in [-0.2, 0) is 0 Å². The molecule has 1 aromatic carbocycles. The van der Waals surface area contributed by atoms with Crippen LogP contribution < -0.4 is 5.73 Å². The van der Waals surface area contributed by atoms with E-state index in [0.717, 1.165) is 0 Å². The van der Waals surface area contributed by atoms with Gasteiger partial charge in [0.15, 0.2) is 11.6 Å². The molecule has 14 heavy (non-hydrogen) atoms. The molecular weight excluding hydrogens is 222 g/mol. The van der Waals surface area contributed by atoms with Gasteiger partial charge in [-0.15, -0.1) is 12.4 Å². The van der Waals surface area contributed by atoms with Crippen LogP contribution in [0.2, 0.25) is 0 Å². The fourth-order valence-electron chi connectivity index (χ4n) is 0.960. The molecule has 0 unspecified atom stereocenters. The molecule has 0 fully saturated rings. The van der Waals surface area contributed by atoms with Crippen molar-refractivity contribution < 1.29 is 17.6 Å². The van der Waals surface area contributed by atoms with Crippen LogP contribution in [0.25, 0.3) is 0 Å². The summed E-state index contributed by atoms with van der Waals surface area (Å²) in [5.74, 6) is -3.70. The average Bonchev–Trinajstić information content (AvgIpc) is 2.12. The van der Waals surface area contributed by atoms with Crippen LogP contribution in [0.5, 0.6) is 0 Å². The first kappa shape index (κ1) is 13.2. The Labute approximate surface area is 84.3 Å². The highest BCUT2D eigenvalue weighted by Gasteiger charge is 2.19. The van der Waals surface area contributed by atoms with Crippen LogP contribution in [0.15, 0.2) is 12.1 Å². The molecule has 0 saturated carbocycles. The summed E-state index contributed by atoms with van der Waals surface area (Å²) >= 11 is 0. The number of nitrogens with two attached hydrogens (primary N) is 1. The topological polar surface area (TPSA) is 26.0 Å². The lowest BCUT2D eigenvalue weighted by molar-refractivity contribution is 0.402. The van der Waals surface area contributed by atoms with E-state index in [4.69, 9.17) is 5.73 Å². The van der Waals surface area contributed by atoms with Gasteiger partial charge in [-0.3, -0.25) is 0 Å². The van der Waals surface area contributed by atoms with Crippen molar-refractivity contribution in [2.24, 2.45) is 5.73 Å². The molecule has 0 bridgehead atoms. The molecular formula is C8H8ClF4N. The van der Waals surface area contributed by atoms with Crippen LogP contribution in [-0.4, -0.2) is 6.67 Å². The fraction of sp³-hybridized carbons (Fsp3) is 0.250. The molecule has 1 rings (SSSR count). The van der Waals surface area contributed by atoms with Gasteiger partial charge in [-0.05, 0) is 12.1 Å². The van der Waals surface area contributed by atoms with Crippen LogP contribution >= 0.6 is 12.4 Å². The van der Waals surface area contributed by atoms with E-state index in [0.29, 0.717) is 12.1 Å². The molecule has 0 aliphatic rings. The van der Waals surface area contributed by atoms with Gasteiger partial charge in [0.2, 0.25) is 0 Å². The second kappa shape index (κ2) is 5.17. The number of benzene rings is 1. The fourth-order valence-corrected chi connectivity index (χ4v) is 0.960. The highest BCUT2D eigenvalue weighted by molar-refractivity contribution is 5.85. The van der Waals surface area contributed by atoms with E-state index in [1.165, 1.54) is 0 Å². The van der Waals surface area contributed by atoms with Crippen LogP contribution in [0.1, 0.15) is 11.6 Å². The van der Waals surface area contributed by atoms with Crippen molar-refractivity contribution in [1.29, 1.82) is 0 Å². The maximum absolute atomic E-state index is 12.8. The maximum atomic E-state index is 12.8. The molecule has 2 N–H and O–H groups in total. The summed E-state index contributed by atoms with van der Waals surface area (Å²) < 4.78 is 50.2. The van der Waals surface area contributed by atoms with Gasteiger partial charge in [-0.1, -0.05) is 0 Å². The van der Waals surface area contributed by atoms with Crippen LogP contribution in [0.4, 0.5) is 17.6 Å². The van der Waals surface area contributed by atoms with Gasteiger partial charge >= 0.3 is 0 Å². The summed E-state index contributed by atoms with van der Waals surface area (Å²) in [5, 5.41) is 0. The van der Waals surface area contributed by atoms with E-state index in [2.05, 4.69) is 0 Å². The average molecular weight is 230 g/mol. The molecule has 6 heteroatoms. The molecule has 0 radical (unpaired) electrons. The van der Waals surface area contributed by atoms with Gasteiger partial charge in [-0.25, -0.2) is 17.6 Å². The van der Waals surface area contributed by atoms with Crippen molar-refractivity contribution in [2.45, 2.75) is 6.04 Å². The predicted molar refractivity (Wildman–Crippen MR) is 46.5 cm³/mol. The Balaban J connectivity index is 0.00000169. The maximum Gasteiger partial charge on any atom is 0.166 e. The van der Waals surface area contributed by atoms with Crippen LogP contribution in [0, 0.1) is 17.5 Å². The molecule has 0 heterocycles. The second-order valence-corrected chi connectivity index (χ2v) is 2.52. The number of hydrogen-bond donors (Lipinski definition) is 1. The largest absolute Gasteiger partial charge is 0.322 e. The minimum absolute atomic E-state index is 0. The SMILES string of the molecule is Cl.N[C@@H](CF)c1c(F)ccc(F)c1F. The van der Waals surface area contributed by atoms with Gasteiger partial charge in [0.25, 0.3) is 0 Å². The first-order valence-electron chi connectivity index (χ1n) is 3.53. The Kier molecular flexibility index (Phi) is 4.87. The van der Waals surface area contributed by atoms with E-state index in [1.807, 2.05) is 0 Å². The zero-order chi connectivity index (χ0) is 10.0. The molecule has 0 spiro atoms. The highest BCUT2D eigenvalue weighted by atomic mass is 35.5. The molecule has 0 aliphatic carbocycles. The lowest BCUT2D eigenvalue weighted by Crippen LogP contribution is -2.16. The van der Waals surface area contributed by atoms with E-state index < -0.39 is 35.7 Å². The third-order valence-corrected chi connectivity index (χ3v) is 1.62. The molecule has 0 aromatic heterocycles. The van der Waals surface area contributed by atoms with Crippen molar-refractivity contribution in [2.75, 3.05) is 6.67 Å². The van der Waals surface area contributed by atoms with Crippen molar-refractivity contribution in [3.05, 3.63) is 35.1 Å². The van der Waals surface area contributed by atoms with E-state index in [-0.39, 0.29) is 12.4 Å². The standard InChI is InChI=1S/C8H7F4N.ClH/c9-3-6(13)7-4(10)1-2-5(11)8(7)12;/h1-2,6H,3,13H2;1H/t6-;/m0./s1. The Hall–Kier alpha value is -0.810. The molecule has 0 aliphatic heterocycles. The lowest BCUT2D eigenvalue weighted by Gasteiger charge is -2.09. The quantitative estimate of drug-likeness (QED) is 0.612. The van der Waals surface area contributed by atoms with E-state index >= 15 is 0 Å². The van der Waals surface area contributed by atoms with Crippen molar-refractivity contribution in [3.63, 3.8) is 0 Å². The number of rotatable bonds is 2. The van der Waals surface area contributed by atoms with Crippen molar-refractivity contribution >= 4 is 12.4 Å².